The van der Waals surface area contributed by atoms with Crippen LogP contribution in [0.5, 0.6) is 0 Å². The van der Waals surface area contributed by atoms with Crippen LogP contribution in [0.15, 0.2) is 58.1 Å². The summed E-state index contributed by atoms with van der Waals surface area (Å²) in [5.74, 6) is -0.346. The third kappa shape index (κ3) is 1.93. The molecule has 0 bridgehead atoms. The molecule has 2 aliphatic rings. The Balaban J connectivity index is 2.29. The Labute approximate surface area is 135 Å². The monoisotopic (exact) mass is 363 g/mol. The molecule has 3 rings (SSSR count). The molecule has 1 aliphatic carbocycles. The van der Waals surface area contributed by atoms with E-state index in [9.17, 15) is 9.59 Å². The maximum atomic E-state index is 12.4. The minimum atomic E-state index is -0.924. The summed E-state index contributed by atoms with van der Waals surface area (Å²) in [6, 6.07) is 9.53. The Morgan fingerprint density at radius 2 is 1.86 bits per heavy atom. The average Bonchev–Trinajstić information content (AvgIpc) is 2.67. The third-order valence-electron chi connectivity index (χ3n) is 3.81. The van der Waals surface area contributed by atoms with Gasteiger partial charge in [-0.25, -0.2) is 0 Å². The van der Waals surface area contributed by atoms with Gasteiger partial charge in [0.15, 0.2) is 5.78 Å². The molecular formula is C16H11BrClNO2. The molecule has 1 spiro atoms. The van der Waals surface area contributed by atoms with Gasteiger partial charge in [-0.05, 0) is 33.6 Å². The van der Waals surface area contributed by atoms with Gasteiger partial charge in [-0.1, -0.05) is 41.9 Å². The highest BCUT2D eigenvalue weighted by Crippen LogP contribution is 2.50. The molecule has 5 heteroatoms. The first kappa shape index (κ1) is 14.3. The zero-order valence-electron chi connectivity index (χ0n) is 11.1. The van der Waals surface area contributed by atoms with E-state index in [2.05, 4.69) is 15.9 Å². The molecule has 0 saturated carbocycles. The molecule has 0 saturated heterocycles. The van der Waals surface area contributed by atoms with Crippen LogP contribution < -0.4 is 0 Å². The number of nitrogens with zero attached hydrogens (tertiary/aromatic N) is 1. The number of halogens is 2. The molecule has 1 heterocycles. The lowest BCUT2D eigenvalue weighted by molar-refractivity contribution is -0.125. The number of hydrogen-bond acceptors (Lipinski definition) is 2. The first-order valence-corrected chi connectivity index (χ1v) is 7.50. The number of ketones is 1. The summed E-state index contributed by atoms with van der Waals surface area (Å²) in [4.78, 5) is 25.5. The number of rotatable bonds is 1. The van der Waals surface area contributed by atoms with Gasteiger partial charge >= 0.3 is 0 Å². The van der Waals surface area contributed by atoms with Crippen molar-refractivity contribution < 1.29 is 9.59 Å². The lowest BCUT2D eigenvalue weighted by Crippen LogP contribution is -2.45. The van der Waals surface area contributed by atoms with Gasteiger partial charge in [0.05, 0.1) is 9.51 Å². The van der Waals surface area contributed by atoms with Gasteiger partial charge in [0.2, 0.25) is 0 Å². The number of hydrogen-bond donors (Lipinski definition) is 0. The smallest absolute Gasteiger partial charge is 0.262 e. The van der Waals surface area contributed by atoms with Gasteiger partial charge in [0.1, 0.15) is 5.54 Å². The highest BCUT2D eigenvalue weighted by atomic mass is 79.9. The van der Waals surface area contributed by atoms with Crippen molar-refractivity contribution in [2.75, 3.05) is 7.05 Å². The summed E-state index contributed by atoms with van der Waals surface area (Å²) in [5, 5.41) is 0.319. The van der Waals surface area contributed by atoms with Crippen LogP contribution in [-0.2, 0) is 9.59 Å². The maximum Gasteiger partial charge on any atom is 0.262 e. The first-order valence-electron chi connectivity index (χ1n) is 6.33. The van der Waals surface area contributed by atoms with E-state index in [4.69, 9.17) is 11.6 Å². The summed E-state index contributed by atoms with van der Waals surface area (Å²) in [6.07, 6.45) is 4.50. The fourth-order valence-corrected chi connectivity index (χ4v) is 3.93. The number of benzene rings is 1. The minimum absolute atomic E-state index is 0.167. The predicted molar refractivity (Wildman–Crippen MR) is 85.9 cm³/mol. The van der Waals surface area contributed by atoms with E-state index in [1.54, 1.807) is 18.0 Å². The molecule has 21 heavy (non-hydrogen) atoms. The van der Waals surface area contributed by atoms with E-state index in [-0.39, 0.29) is 11.7 Å². The fourth-order valence-electron chi connectivity index (χ4n) is 2.74. The van der Waals surface area contributed by atoms with E-state index in [0.29, 0.717) is 9.51 Å². The first-order chi connectivity index (χ1) is 9.98. The van der Waals surface area contributed by atoms with E-state index in [1.807, 2.05) is 30.3 Å². The molecule has 106 valence electrons. The van der Waals surface area contributed by atoms with Gasteiger partial charge in [-0.3, -0.25) is 9.59 Å². The van der Waals surface area contributed by atoms with Crippen LogP contribution in [-0.4, -0.2) is 29.2 Å². The van der Waals surface area contributed by atoms with E-state index >= 15 is 0 Å². The molecular weight excluding hydrogens is 354 g/mol. The van der Waals surface area contributed by atoms with Crippen molar-refractivity contribution >= 4 is 44.8 Å². The largest absolute Gasteiger partial charge is 0.323 e. The van der Waals surface area contributed by atoms with Crippen LogP contribution in [0.4, 0.5) is 0 Å². The second-order valence-electron chi connectivity index (χ2n) is 4.91. The molecule has 1 amide bonds. The predicted octanol–water partition coefficient (Wildman–Crippen LogP) is 3.27. The molecule has 1 aromatic carbocycles. The van der Waals surface area contributed by atoms with Gasteiger partial charge in [0.25, 0.3) is 5.91 Å². The van der Waals surface area contributed by atoms with E-state index in [0.717, 1.165) is 11.1 Å². The maximum absolute atomic E-state index is 12.4. The van der Waals surface area contributed by atoms with Crippen LogP contribution in [0.2, 0.25) is 0 Å². The number of likely N-dealkylation sites (N-methyl/N-ethyl adjacent to an activating group) is 1. The second-order valence-corrected chi connectivity index (χ2v) is 6.11. The van der Waals surface area contributed by atoms with Gasteiger partial charge in [0, 0.05) is 18.7 Å². The quantitative estimate of drug-likeness (QED) is 0.767. The van der Waals surface area contributed by atoms with Crippen molar-refractivity contribution in [1.82, 2.24) is 4.90 Å². The van der Waals surface area contributed by atoms with Crippen LogP contribution in [0.25, 0.3) is 5.57 Å². The Morgan fingerprint density at radius 3 is 2.48 bits per heavy atom. The second kappa shape index (κ2) is 4.97. The summed E-state index contributed by atoms with van der Waals surface area (Å²) in [5.41, 5.74) is 0.709. The third-order valence-corrected chi connectivity index (χ3v) is 4.94. The lowest BCUT2D eigenvalue weighted by Gasteiger charge is -2.37. The zero-order valence-corrected chi connectivity index (χ0v) is 13.5. The van der Waals surface area contributed by atoms with Crippen LogP contribution in [0.1, 0.15) is 5.56 Å². The van der Waals surface area contributed by atoms with Crippen molar-refractivity contribution in [2.45, 2.75) is 5.54 Å². The Kier molecular flexibility index (Phi) is 3.38. The summed E-state index contributed by atoms with van der Waals surface area (Å²) < 4.78 is 0.460. The normalized spacial score (nSPS) is 25.1. The van der Waals surface area contributed by atoms with E-state index < -0.39 is 5.54 Å². The van der Waals surface area contributed by atoms with Crippen molar-refractivity contribution in [3.8, 4) is 0 Å². The standard InChI is InChI=1S/C16H11BrClNO2/c1-19-15(21)14(17)13(10-5-3-2-4-6-10)16(19)8-7-11(20)9-12(16)18/h2-9H,1H3. The van der Waals surface area contributed by atoms with Crippen molar-refractivity contribution in [2.24, 2.45) is 0 Å². The molecule has 0 N–H and O–H groups in total. The lowest BCUT2D eigenvalue weighted by atomic mass is 9.82. The Morgan fingerprint density at radius 1 is 1.19 bits per heavy atom. The average molecular weight is 365 g/mol. The van der Waals surface area contributed by atoms with Crippen LogP contribution >= 0.6 is 27.5 Å². The number of carbonyl (C=O) groups is 2. The topological polar surface area (TPSA) is 37.4 Å². The fraction of sp³-hybridized carbons (Fsp3) is 0.125. The molecule has 0 radical (unpaired) electrons. The SMILES string of the molecule is CN1C(=O)C(Br)=C(c2ccccc2)C12C=CC(=O)C=C2Cl. The highest BCUT2D eigenvalue weighted by molar-refractivity contribution is 9.12. The van der Waals surface area contributed by atoms with E-state index in [1.165, 1.54) is 12.2 Å². The molecule has 1 aromatic rings. The van der Waals surface area contributed by atoms with Crippen LogP contribution in [0, 0.1) is 0 Å². The summed E-state index contributed by atoms with van der Waals surface area (Å²) in [7, 11) is 1.68. The zero-order chi connectivity index (χ0) is 15.2. The summed E-state index contributed by atoms with van der Waals surface area (Å²) in [6.45, 7) is 0. The highest BCUT2D eigenvalue weighted by Gasteiger charge is 2.51. The number of amides is 1. The van der Waals surface area contributed by atoms with Gasteiger partial charge < -0.3 is 4.90 Å². The van der Waals surface area contributed by atoms with Crippen molar-refractivity contribution in [1.29, 1.82) is 0 Å². The molecule has 1 aliphatic heterocycles. The summed E-state index contributed by atoms with van der Waals surface area (Å²) >= 11 is 9.77. The molecule has 1 unspecified atom stereocenters. The molecule has 0 fully saturated rings. The van der Waals surface area contributed by atoms with Crippen LogP contribution in [0.3, 0.4) is 0 Å². The number of carbonyl (C=O) groups excluding carboxylic acids is 2. The minimum Gasteiger partial charge on any atom is -0.323 e. The molecule has 3 nitrogen and oxygen atoms in total. The van der Waals surface area contributed by atoms with Crippen molar-refractivity contribution in [3.63, 3.8) is 0 Å². The molecule has 1 atom stereocenters. The van der Waals surface area contributed by atoms with Crippen molar-refractivity contribution in [3.05, 3.63) is 63.6 Å². The van der Waals surface area contributed by atoms with Gasteiger partial charge in [-0.2, -0.15) is 0 Å². The Hall–Kier alpha value is -1.65. The van der Waals surface area contributed by atoms with Gasteiger partial charge in [-0.15, -0.1) is 0 Å². The number of allylic oxidation sites excluding steroid dienone is 2. The molecule has 0 aromatic heterocycles. The Bertz CT molecular complexity index is 736.